The quantitative estimate of drug-likeness (QED) is 0.662. The Bertz CT molecular complexity index is 512. The van der Waals surface area contributed by atoms with E-state index >= 15 is 0 Å². The summed E-state index contributed by atoms with van der Waals surface area (Å²) < 4.78 is 1.12. The number of hydrogen-bond donors (Lipinski definition) is 0. The van der Waals surface area contributed by atoms with Crippen LogP contribution in [0.2, 0.25) is 5.02 Å². The highest BCUT2D eigenvalue weighted by atomic mass is 79.9. The third-order valence-corrected chi connectivity index (χ3v) is 3.58. The molecule has 2 rings (SSSR count). The molecule has 0 aliphatic heterocycles. The third kappa shape index (κ3) is 2.16. The lowest BCUT2D eigenvalue weighted by Crippen LogP contribution is -1.88. The second kappa shape index (κ2) is 4.60. The summed E-state index contributed by atoms with van der Waals surface area (Å²) in [6.07, 6.45) is 0. The van der Waals surface area contributed by atoms with Crippen molar-refractivity contribution in [1.29, 1.82) is 0 Å². The second-order valence-electron chi connectivity index (χ2n) is 3.89. The van der Waals surface area contributed by atoms with Crippen LogP contribution in [0.5, 0.6) is 0 Å². The number of benzene rings is 2. The summed E-state index contributed by atoms with van der Waals surface area (Å²) in [6, 6.07) is 12.2. The van der Waals surface area contributed by atoms with Crippen molar-refractivity contribution in [2.24, 2.45) is 0 Å². The molecule has 0 spiro atoms. The van der Waals surface area contributed by atoms with Crippen LogP contribution >= 0.6 is 27.5 Å². The zero-order valence-electron chi connectivity index (χ0n) is 9.22. The van der Waals surface area contributed by atoms with Crippen molar-refractivity contribution in [2.45, 2.75) is 13.8 Å². The largest absolute Gasteiger partial charge is 0.0843 e. The van der Waals surface area contributed by atoms with Gasteiger partial charge >= 0.3 is 0 Å². The molecule has 0 atom stereocenters. The molecule has 2 aromatic rings. The van der Waals surface area contributed by atoms with Crippen LogP contribution in [0.1, 0.15) is 11.1 Å². The smallest absolute Gasteiger partial charge is 0.0409 e. The predicted molar refractivity (Wildman–Crippen MR) is 74.1 cm³/mol. The van der Waals surface area contributed by atoms with Crippen LogP contribution in [0.4, 0.5) is 0 Å². The molecule has 0 bridgehead atoms. The molecule has 0 heterocycles. The SMILES string of the molecule is Cc1cc(Cl)ccc1-c1c(C)cccc1Br. The molecule has 82 valence electrons. The van der Waals surface area contributed by atoms with E-state index in [0.29, 0.717) is 0 Å². The minimum absolute atomic E-state index is 0.783. The van der Waals surface area contributed by atoms with E-state index in [-0.39, 0.29) is 0 Å². The van der Waals surface area contributed by atoms with Crippen LogP contribution in [0, 0.1) is 13.8 Å². The molecule has 0 saturated carbocycles. The normalized spacial score (nSPS) is 10.5. The van der Waals surface area contributed by atoms with Crippen molar-refractivity contribution < 1.29 is 0 Å². The summed E-state index contributed by atoms with van der Waals surface area (Å²) in [6.45, 7) is 4.20. The van der Waals surface area contributed by atoms with Gasteiger partial charge in [0.05, 0.1) is 0 Å². The Hall–Kier alpha value is -0.790. The van der Waals surface area contributed by atoms with E-state index in [9.17, 15) is 0 Å². The fourth-order valence-electron chi connectivity index (χ4n) is 1.88. The Kier molecular flexibility index (Phi) is 3.36. The molecule has 0 unspecified atom stereocenters. The molecule has 0 N–H and O–H groups in total. The lowest BCUT2D eigenvalue weighted by Gasteiger charge is -2.11. The van der Waals surface area contributed by atoms with Gasteiger partial charge in [-0.25, -0.2) is 0 Å². The summed E-state index contributed by atoms with van der Waals surface area (Å²) >= 11 is 9.58. The lowest BCUT2D eigenvalue weighted by atomic mass is 9.97. The topological polar surface area (TPSA) is 0 Å². The first kappa shape index (κ1) is 11.7. The van der Waals surface area contributed by atoms with Crippen molar-refractivity contribution in [3.8, 4) is 11.1 Å². The van der Waals surface area contributed by atoms with E-state index in [0.717, 1.165) is 9.50 Å². The number of rotatable bonds is 1. The fourth-order valence-corrected chi connectivity index (χ4v) is 2.79. The number of hydrogen-bond acceptors (Lipinski definition) is 0. The van der Waals surface area contributed by atoms with Gasteiger partial charge in [0.15, 0.2) is 0 Å². The molecule has 0 fully saturated rings. The van der Waals surface area contributed by atoms with Gasteiger partial charge in [0.1, 0.15) is 0 Å². The number of aryl methyl sites for hydroxylation is 2. The van der Waals surface area contributed by atoms with Gasteiger partial charge in [0.2, 0.25) is 0 Å². The second-order valence-corrected chi connectivity index (χ2v) is 5.18. The summed E-state index contributed by atoms with van der Waals surface area (Å²) in [7, 11) is 0. The Balaban J connectivity index is 2.68. The maximum atomic E-state index is 5.97. The molecule has 0 saturated heterocycles. The molecule has 0 radical (unpaired) electrons. The van der Waals surface area contributed by atoms with Gasteiger partial charge in [-0.2, -0.15) is 0 Å². The number of halogens is 2. The molecule has 0 nitrogen and oxygen atoms in total. The third-order valence-electron chi connectivity index (χ3n) is 2.68. The molecule has 2 aromatic carbocycles. The maximum Gasteiger partial charge on any atom is 0.0409 e. The molecule has 0 aliphatic rings. The van der Waals surface area contributed by atoms with Gasteiger partial charge < -0.3 is 0 Å². The monoisotopic (exact) mass is 294 g/mol. The van der Waals surface area contributed by atoms with Crippen molar-refractivity contribution in [2.75, 3.05) is 0 Å². The van der Waals surface area contributed by atoms with Gasteiger partial charge in [-0.15, -0.1) is 0 Å². The van der Waals surface area contributed by atoms with Crippen LogP contribution in [-0.4, -0.2) is 0 Å². The van der Waals surface area contributed by atoms with E-state index in [1.54, 1.807) is 0 Å². The Morgan fingerprint density at radius 3 is 2.38 bits per heavy atom. The Labute approximate surface area is 109 Å². The zero-order chi connectivity index (χ0) is 11.7. The Morgan fingerprint density at radius 1 is 1.00 bits per heavy atom. The van der Waals surface area contributed by atoms with Crippen LogP contribution in [0.25, 0.3) is 11.1 Å². The molecule has 16 heavy (non-hydrogen) atoms. The predicted octanol–water partition coefficient (Wildman–Crippen LogP) is 5.39. The van der Waals surface area contributed by atoms with Crippen LogP contribution < -0.4 is 0 Å². The highest BCUT2D eigenvalue weighted by molar-refractivity contribution is 9.10. The summed E-state index contributed by atoms with van der Waals surface area (Å²) in [4.78, 5) is 0. The minimum atomic E-state index is 0.783. The van der Waals surface area contributed by atoms with Crippen LogP contribution in [0.15, 0.2) is 40.9 Å². The van der Waals surface area contributed by atoms with E-state index < -0.39 is 0 Å². The maximum absolute atomic E-state index is 5.97. The summed E-state index contributed by atoms with van der Waals surface area (Å²) in [5.74, 6) is 0. The first-order valence-corrected chi connectivity index (χ1v) is 6.28. The van der Waals surface area contributed by atoms with Gasteiger partial charge in [-0.05, 0) is 54.3 Å². The fraction of sp³-hybridized carbons (Fsp3) is 0.143. The summed E-state index contributed by atoms with van der Waals surface area (Å²) in [5.41, 5.74) is 4.94. The molecule has 0 aliphatic carbocycles. The van der Waals surface area contributed by atoms with Gasteiger partial charge in [0.25, 0.3) is 0 Å². The van der Waals surface area contributed by atoms with E-state index in [2.05, 4.69) is 48.0 Å². The highest BCUT2D eigenvalue weighted by Crippen LogP contribution is 2.34. The molecule has 0 amide bonds. The highest BCUT2D eigenvalue weighted by Gasteiger charge is 2.08. The first-order chi connectivity index (χ1) is 7.59. The van der Waals surface area contributed by atoms with E-state index in [1.165, 1.54) is 22.3 Å². The molecular formula is C14H12BrCl. The molecule has 0 aromatic heterocycles. The van der Waals surface area contributed by atoms with Crippen molar-refractivity contribution in [3.63, 3.8) is 0 Å². The average Bonchev–Trinajstić information content (AvgIpc) is 2.20. The molecular weight excluding hydrogens is 284 g/mol. The lowest BCUT2D eigenvalue weighted by molar-refractivity contribution is 1.39. The minimum Gasteiger partial charge on any atom is -0.0843 e. The van der Waals surface area contributed by atoms with Crippen LogP contribution in [0.3, 0.4) is 0 Å². The van der Waals surface area contributed by atoms with Gasteiger partial charge in [0, 0.05) is 9.50 Å². The average molecular weight is 296 g/mol. The van der Waals surface area contributed by atoms with Crippen molar-refractivity contribution in [3.05, 3.63) is 57.0 Å². The van der Waals surface area contributed by atoms with Gasteiger partial charge in [-0.1, -0.05) is 45.7 Å². The van der Waals surface area contributed by atoms with Crippen molar-refractivity contribution >= 4 is 27.5 Å². The zero-order valence-corrected chi connectivity index (χ0v) is 11.6. The Morgan fingerprint density at radius 2 is 1.75 bits per heavy atom. The van der Waals surface area contributed by atoms with E-state index in [1.807, 2.05) is 18.2 Å². The van der Waals surface area contributed by atoms with Crippen molar-refractivity contribution in [1.82, 2.24) is 0 Å². The van der Waals surface area contributed by atoms with Crippen LogP contribution in [-0.2, 0) is 0 Å². The van der Waals surface area contributed by atoms with E-state index in [4.69, 9.17) is 11.6 Å². The van der Waals surface area contributed by atoms with Gasteiger partial charge in [-0.3, -0.25) is 0 Å². The first-order valence-electron chi connectivity index (χ1n) is 5.11. The standard InChI is InChI=1S/C14H12BrCl/c1-9-4-3-5-13(15)14(9)12-7-6-11(16)8-10(12)2/h3-8H,1-2H3. The molecule has 2 heteroatoms. The summed E-state index contributed by atoms with van der Waals surface area (Å²) in [5, 5.41) is 0.783.